The first-order chi connectivity index (χ1) is 12.0. The average Bonchev–Trinajstić information content (AvgIpc) is 2.61. The number of benzene rings is 2. The smallest absolute Gasteiger partial charge is 0.258 e. The summed E-state index contributed by atoms with van der Waals surface area (Å²) in [6.07, 6.45) is 2.92. The molecule has 25 heavy (non-hydrogen) atoms. The third-order valence-electron chi connectivity index (χ3n) is 3.46. The van der Waals surface area contributed by atoms with Crippen LogP contribution in [0.15, 0.2) is 54.9 Å². The Kier molecular flexibility index (Phi) is 5.16. The fourth-order valence-electron chi connectivity index (χ4n) is 2.10. The van der Waals surface area contributed by atoms with Gasteiger partial charge in [-0.25, -0.2) is 9.97 Å². The quantitative estimate of drug-likeness (QED) is 0.669. The Balaban J connectivity index is 1.70. The van der Waals surface area contributed by atoms with Gasteiger partial charge >= 0.3 is 0 Å². The van der Waals surface area contributed by atoms with Crippen molar-refractivity contribution >= 4 is 46.4 Å². The second kappa shape index (κ2) is 7.51. The summed E-state index contributed by atoms with van der Waals surface area (Å²) in [7, 11) is 0. The number of rotatable bonds is 4. The van der Waals surface area contributed by atoms with Crippen molar-refractivity contribution in [1.82, 2.24) is 9.97 Å². The molecule has 2 N–H and O–H groups in total. The molecule has 7 heteroatoms. The Bertz CT molecular complexity index is 896. The number of hydrogen-bond donors (Lipinski definition) is 2. The van der Waals surface area contributed by atoms with Gasteiger partial charge in [0.1, 0.15) is 0 Å². The molecule has 126 valence electrons. The number of halogens is 2. The highest BCUT2D eigenvalue weighted by molar-refractivity contribution is 6.31. The van der Waals surface area contributed by atoms with Crippen LogP contribution in [0.1, 0.15) is 15.9 Å². The van der Waals surface area contributed by atoms with E-state index in [4.69, 9.17) is 23.2 Å². The Labute approximate surface area is 155 Å². The van der Waals surface area contributed by atoms with Gasteiger partial charge in [-0.15, -0.1) is 0 Å². The molecule has 0 saturated heterocycles. The Morgan fingerprint density at radius 3 is 2.28 bits per heavy atom. The molecule has 0 fully saturated rings. The third-order valence-corrected chi connectivity index (χ3v) is 3.95. The second-order valence-electron chi connectivity index (χ2n) is 5.34. The van der Waals surface area contributed by atoms with Gasteiger partial charge in [0, 0.05) is 33.8 Å². The van der Waals surface area contributed by atoms with E-state index in [9.17, 15) is 4.79 Å². The molecule has 0 atom stereocenters. The molecule has 1 amide bonds. The van der Waals surface area contributed by atoms with Crippen LogP contribution in [0.25, 0.3) is 0 Å². The van der Waals surface area contributed by atoms with Gasteiger partial charge < -0.3 is 10.6 Å². The molecule has 3 aromatic rings. The van der Waals surface area contributed by atoms with Crippen molar-refractivity contribution in [3.63, 3.8) is 0 Å². The molecule has 5 nitrogen and oxygen atoms in total. The molecule has 0 spiro atoms. The zero-order valence-corrected chi connectivity index (χ0v) is 14.8. The summed E-state index contributed by atoms with van der Waals surface area (Å²) in [5.41, 5.74) is 2.72. The molecule has 0 bridgehead atoms. The lowest BCUT2D eigenvalue weighted by Crippen LogP contribution is -2.14. The van der Waals surface area contributed by atoms with E-state index in [0.717, 1.165) is 11.3 Å². The number of hydrogen-bond acceptors (Lipinski definition) is 4. The third kappa shape index (κ3) is 4.47. The molecule has 0 radical (unpaired) electrons. The van der Waals surface area contributed by atoms with Crippen LogP contribution < -0.4 is 10.6 Å². The first-order valence-corrected chi connectivity index (χ1v) is 8.19. The molecule has 1 heterocycles. The number of aryl methyl sites for hydroxylation is 1. The van der Waals surface area contributed by atoms with Gasteiger partial charge in [-0.2, -0.15) is 0 Å². The SMILES string of the molecule is Cc1ccc(Cl)cc1NC(=O)c1cnc(Nc2ccc(Cl)cc2)nc1. The Morgan fingerprint density at radius 1 is 0.960 bits per heavy atom. The fraction of sp³-hybridized carbons (Fsp3) is 0.0556. The first kappa shape index (κ1) is 17.2. The maximum atomic E-state index is 12.3. The van der Waals surface area contributed by atoms with Gasteiger partial charge in [-0.3, -0.25) is 4.79 Å². The highest BCUT2D eigenvalue weighted by atomic mass is 35.5. The average molecular weight is 373 g/mol. The van der Waals surface area contributed by atoms with E-state index in [1.165, 1.54) is 12.4 Å². The summed E-state index contributed by atoms with van der Waals surface area (Å²) in [6.45, 7) is 1.89. The summed E-state index contributed by atoms with van der Waals surface area (Å²) in [6, 6.07) is 12.5. The van der Waals surface area contributed by atoms with E-state index in [1.807, 2.05) is 25.1 Å². The normalized spacial score (nSPS) is 10.4. The molecule has 1 aromatic heterocycles. The number of carbonyl (C=O) groups excluding carboxylic acids is 1. The van der Waals surface area contributed by atoms with E-state index < -0.39 is 0 Å². The molecule has 0 aliphatic heterocycles. The van der Waals surface area contributed by atoms with Crippen molar-refractivity contribution < 1.29 is 4.79 Å². The van der Waals surface area contributed by atoms with Crippen LogP contribution in [0.2, 0.25) is 10.0 Å². The topological polar surface area (TPSA) is 66.9 Å². The second-order valence-corrected chi connectivity index (χ2v) is 6.21. The van der Waals surface area contributed by atoms with Crippen molar-refractivity contribution in [2.24, 2.45) is 0 Å². The Hall–Kier alpha value is -2.63. The van der Waals surface area contributed by atoms with E-state index in [1.54, 1.807) is 24.3 Å². The Morgan fingerprint density at radius 2 is 1.60 bits per heavy atom. The molecule has 0 aliphatic rings. The van der Waals surface area contributed by atoms with Crippen molar-refractivity contribution in [3.8, 4) is 0 Å². The zero-order valence-electron chi connectivity index (χ0n) is 13.3. The van der Waals surface area contributed by atoms with Gasteiger partial charge in [0.15, 0.2) is 0 Å². The predicted octanol–water partition coefficient (Wildman–Crippen LogP) is 5.09. The van der Waals surface area contributed by atoms with Gasteiger partial charge in [-0.1, -0.05) is 29.3 Å². The number of anilines is 3. The summed E-state index contributed by atoms with van der Waals surface area (Å²) < 4.78 is 0. The summed E-state index contributed by atoms with van der Waals surface area (Å²) in [4.78, 5) is 20.6. The van der Waals surface area contributed by atoms with Crippen LogP contribution in [0.5, 0.6) is 0 Å². The molecular weight excluding hydrogens is 359 g/mol. The largest absolute Gasteiger partial charge is 0.324 e. The molecule has 0 aliphatic carbocycles. The lowest BCUT2D eigenvalue weighted by molar-refractivity contribution is 0.102. The van der Waals surface area contributed by atoms with Crippen LogP contribution >= 0.6 is 23.2 Å². The number of carbonyl (C=O) groups is 1. The van der Waals surface area contributed by atoms with Gasteiger partial charge in [0.2, 0.25) is 5.95 Å². The lowest BCUT2D eigenvalue weighted by atomic mass is 10.2. The summed E-state index contributed by atoms with van der Waals surface area (Å²) in [5, 5.41) is 7.04. The van der Waals surface area contributed by atoms with Crippen LogP contribution in [-0.2, 0) is 0 Å². The van der Waals surface area contributed by atoms with Crippen LogP contribution in [-0.4, -0.2) is 15.9 Å². The van der Waals surface area contributed by atoms with Gasteiger partial charge in [0.25, 0.3) is 5.91 Å². The monoisotopic (exact) mass is 372 g/mol. The number of amides is 1. The fourth-order valence-corrected chi connectivity index (χ4v) is 2.39. The molecule has 2 aromatic carbocycles. The van der Waals surface area contributed by atoms with Crippen molar-refractivity contribution in [3.05, 3.63) is 76.0 Å². The van der Waals surface area contributed by atoms with Crippen LogP contribution in [0.4, 0.5) is 17.3 Å². The van der Waals surface area contributed by atoms with E-state index in [2.05, 4.69) is 20.6 Å². The number of aromatic nitrogens is 2. The molecular formula is C18H14Cl2N4O. The minimum atomic E-state index is -0.302. The first-order valence-electron chi connectivity index (χ1n) is 7.43. The maximum Gasteiger partial charge on any atom is 0.258 e. The van der Waals surface area contributed by atoms with Crippen molar-refractivity contribution in [2.45, 2.75) is 6.92 Å². The van der Waals surface area contributed by atoms with Gasteiger partial charge in [-0.05, 0) is 48.9 Å². The van der Waals surface area contributed by atoms with Gasteiger partial charge in [0.05, 0.1) is 5.56 Å². The van der Waals surface area contributed by atoms with E-state index in [-0.39, 0.29) is 5.91 Å². The predicted molar refractivity (Wildman–Crippen MR) is 101 cm³/mol. The number of nitrogens with zero attached hydrogens (tertiary/aromatic N) is 2. The van der Waals surface area contributed by atoms with Crippen LogP contribution in [0.3, 0.4) is 0 Å². The molecule has 3 rings (SSSR count). The minimum Gasteiger partial charge on any atom is -0.324 e. The van der Waals surface area contributed by atoms with Crippen LogP contribution in [0, 0.1) is 6.92 Å². The number of nitrogens with one attached hydrogen (secondary N) is 2. The highest BCUT2D eigenvalue weighted by Crippen LogP contribution is 2.21. The maximum absolute atomic E-state index is 12.3. The van der Waals surface area contributed by atoms with E-state index >= 15 is 0 Å². The zero-order chi connectivity index (χ0) is 17.8. The standard InChI is InChI=1S/C18H14Cl2N4O/c1-11-2-3-14(20)8-16(11)24-17(25)12-9-21-18(22-10-12)23-15-6-4-13(19)5-7-15/h2-10H,1H3,(H,24,25)(H,21,22,23). The minimum absolute atomic E-state index is 0.302. The van der Waals surface area contributed by atoms with Crippen molar-refractivity contribution in [1.29, 1.82) is 0 Å². The molecule has 0 unspecified atom stereocenters. The highest BCUT2D eigenvalue weighted by Gasteiger charge is 2.10. The lowest BCUT2D eigenvalue weighted by Gasteiger charge is -2.09. The summed E-state index contributed by atoms with van der Waals surface area (Å²) in [5.74, 6) is 0.0845. The molecule has 0 saturated carbocycles. The van der Waals surface area contributed by atoms with E-state index in [0.29, 0.717) is 27.2 Å². The van der Waals surface area contributed by atoms with Crippen molar-refractivity contribution in [2.75, 3.05) is 10.6 Å². The summed E-state index contributed by atoms with van der Waals surface area (Å²) >= 11 is 11.8.